The molecule has 0 aliphatic heterocycles. The van der Waals surface area contributed by atoms with Gasteiger partial charge in [-0.2, -0.15) is 0 Å². The zero-order valence-corrected chi connectivity index (χ0v) is 16.0. The molecule has 27 heavy (non-hydrogen) atoms. The smallest absolute Gasteiger partial charge is 0.161 e. The van der Waals surface area contributed by atoms with Crippen molar-refractivity contribution in [3.8, 4) is 0 Å². The van der Waals surface area contributed by atoms with Crippen molar-refractivity contribution in [3.05, 3.63) is 78.1 Å². The van der Waals surface area contributed by atoms with Gasteiger partial charge in [0.05, 0.1) is 11.4 Å². The van der Waals surface area contributed by atoms with Gasteiger partial charge in [0, 0.05) is 32.8 Å². The van der Waals surface area contributed by atoms with Crippen LogP contribution in [-0.4, -0.2) is 9.97 Å². The van der Waals surface area contributed by atoms with E-state index in [9.17, 15) is 0 Å². The van der Waals surface area contributed by atoms with Crippen LogP contribution in [-0.2, 0) is 0 Å². The van der Waals surface area contributed by atoms with E-state index in [4.69, 9.17) is 5.73 Å². The number of nitrogens with two attached hydrogens (primary N) is 1. The Kier molecular flexibility index (Phi) is 4.69. The summed E-state index contributed by atoms with van der Waals surface area (Å²) >= 11 is 1.71. The summed E-state index contributed by atoms with van der Waals surface area (Å²) in [6.07, 6.45) is 1.79. The molecule has 4 nitrogen and oxygen atoms in total. The summed E-state index contributed by atoms with van der Waals surface area (Å²) in [6, 6.07) is 20.4. The molecular weight excluding hydrogens is 352 g/mol. The number of nitrogens with one attached hydrogen (secondary N) is 1. The predicted molar refractivity (Wildman–Crippen MR) is 114 cm³/mol. The minimum Gasteiger partial charge on any atom is -0.399 e. The SMILES string of the molecule is Cc1ccc(Sc2ccc(N)cc2)c(Nc2ccnc3nc(C)ccc23)c1. The molecule has 0 fully saturated rings. The van der Waals surface area contributed by atoms with E-state index in [-0.39, 0.29) is 0 Å². The Bertz CT molecular complexity index is 1110. The largest absolute Gasteiger partial charge is 0.399 e. The number of pyridine rings is 2. The van der Waals surface area contributed by atoms with Gasteiger partial charge in [-0.1, -0.05) is 17.8 Å². The Hall–Kier alpha value is -3.05. The lowest BCUT2D eigenvalue weighted by Gasteiger charge is -2.14. The Balaban J connectivity index is 1.72. The van der Waals surface area contributed by atoms with Crippen molar-refractivity contribution >= 4 is 39.9 Å². The molecule has 0 radical (unpaired) electrons. The molecule has 0 aliphatic carbocycles. The first-order valence-corrected chi connectivity index (χ1v) is 9.53. The number of anilines is 3. The third kappa shape index (κ3) is 3.88. The summed E-state index contributed by atoms with van der Waals surface area (Å²) in [7, 11) is 0. The van der Waals surface area contributed by atoms with Crippen molar-refractivity contribution < 1.29 is 0 Å². The normalized spacial score (nSPS) is 10.9. The van der Waals surface area contributed by atoms with Gasteiger partial charge in [0.25, 0.3) is 0 Å². The summed E-state index contributed by atoms with van der Waals surface area (Å²) in [5, 5.41) is 4.59. The number of nitrogens with zero attached hydrogens (tertiary/aromatic N) is 2. The molecule has 3 N–H and O–H groups in total. The van der Waals surface area contributed by atoms with Gasteiger partial charge in [-0.3, -0.25) is 0 Å². The average Bonchev–Trinajstić information content (AvgIpc) is 2.65. The molecule has 2 aromatic carbocycles. The highest BCUT2D eigenvalue weighted by atomic mass is 32.2. The molecule has 0 unspecified atom stereocenters. The van der Waals surface area contributed by atoms with E-state index in [1.807, 2.05) is 43.3 Å². The van der Waals surface area contributed by atoms with E-state index >= 15 is 0 Å². The maximum Gasteiger partial charge on any atom is 0.161 e. The van der Waals surface area contributed by atoms with Crippen molar-refractivity contribution in [2.75, 3.05) is 11.1 Å². The number of aromatic nitrogens is 2. The third-order valence-electron chi connectivity index (χ3n) is 4.25. The molecule has 5 heteroatoms. The molecule has 0 aliphatic rings. The predicted octanol–water partition coefficient (Wildman–Crippen LogP) is 5.72. The van der Waals surface area contributed by atoms with E-state index in [0.29, 0.717) is 0 Å². The zero-order valence-electron chi connectivity index (χ0n) is 15.2. The van der Waals surface area contributed by atoms with Crippen LogP contribution in [0.1, 0.15) is 11.3 Å². The molecule has 2 heterocycles. The standard InChI is InChI=1S/C22H20N4S/c1-14-3-10-21(27-17-7-5-16(23)6-8-17)20(13-14)26-19-11-12-24-22-18(19)9-4-15(2)25-22/h3-13H,23H2,1-2H3,(H,24,25,26). The maximum atomic E-state index is 5.80. The van der Waals surface area contributed by atoms with E-state index < -0.39 is 0 Å². The molecule has 4 rings (SSSR count). The van der Waals surface area contributed by atoms with Crippen LogP contribution in [0, 0.1) is 13.8 Å². The summed E-state index contributed by atoms with van der Waals surface area (Å²) in [4.78, 5) is 11.2. The van der Waals surface area contributed by atoms with Crippen molar-refractivity contribution in [1.82, 2.24) is 9.97 Å². The Morgan fingerprint density at radius 3 is 2.52 bits per heavy atom. The number of hydrogen-bond acceptors (Lipinski definition) is 5. The van der Waals surface area contributed by atoms with E-state index in [0.717, 1.165) is 43.6 Å². The molecule has 134 valence electrons. The van der Waals surface area contributed by atoms with Crippen LogP contribution in [0.4, 0.5) is 17.1 Å². The number of hydrogen-bond donors (Lipinski definition) is 2. The van der Waals surface area contributed by atoms with Gasteiger partial charge < -0.3 is 11.1 Å². The Labute approximate surface area is 162 Å². The van der Waals surface area contributed by atoms with Gasteiger partial charge in [-0.15, -0.1) is 0 Å². The molecule has 2 aromatic heterocycles. The molecule has 0 saturated heterocycles. The summed E-state index contributed by atoms with van der Waals surface area (Å²) in [5.41, 5.74) is 11.5. The fourth-order valence-corrected chi connectivity index (χ4v) is 3.75. The van der Waals surface area contributed by atoms with Crippen LogP contribution in [0.25, 0.3) is 11.0 Å². The van der Waals surface area contributed by atoms with Crippen LogP contribution >= 0.6 is 11.8 Å². The number of rotatable bonds is 4. The molecule has 0 atom stereocenters. The van der Waals surface area contributed by atoms with Crippen LogP contribution in [0.15, 0.2) is 76.7 Å². The molecule has 0 spiro atoms. The highest BCUT2D eigenvalue weighted by Crippen LogP contribution is 2.36. The minimum atomic E-state index is 0.750. The van der Waals surface area contributed by atoms with Crippen LogP contribution in [0.3, 0.4) is 0 Å². The molecule has 0 bridgehead atoms. The lowest BCUT2D eigenvalue weighted by atomic mass is 10.2. The second-order valence-corrected chi connectivity index (χ2v) is 7.59. The lowest BCUT2D eigenvalue weighted by Crippen LogP contribution is -1.96. The molecule has 4 aromatic rings. The van der Waals surface area contributed by atoms with Gasteiger partial charge in [0.1, 0.15) is 0 Å². The van der Waals surface area contributed by atoms with Crippen molar-refractivity contribution in [1.29, 1.82) is 0 Å². The van der Waals surface area contributed by atoms with E-state index in [1.54, 1.807) is 18.0 Å². The Morgan fingerprint density at radius 2 is 1.70 bits per heavy atom. The van der Waals surface area contributed by atoms with Gasteiger partial charge in [0.15, 0.2) is 5.65 Å². The topological polar surface area (TPSA) is 63.8 Å². The fraction of sp³-hybridized carbons (Fsp3) is 0.0909. The van der Waals surface area contributed by atoms with Gasteiger partial charge in [0.2, 0.25) is 0 Å². The van der Waals surface area contributed by atoms with E-state index in [2.05, 4.69) is 46.5 Å². The van der Waals surface area contributed by atoms with Gasteiger partial charge in [-0.25, -0.2) is 9.97 Å². The molecule has 0 amide bonds. The summed E-state index contributed by atoms with van der Waals surface area (Å²) in [5.74, 6) is 0. The first-order valence-electron chi connectivity index (χ1n) is 8.72. The van der Waals surface area contributed by atoms with Gasteiger partial charge >= 0.3 is 0 Å². The first-order chi connectivity index (χ1) is 13.1. The summed E-state index contributed by atoms with van der Waals surface area (Å²) < 4.78 is 0. The number of benzene rings is 2. The third-order valence-corrected chi connectivity index (χ3v) is 5.34. The first kappa shape index (κ1) is 17.4. The lowest BCUT2D eigenvalue weighted by molar-refractivity contribution is 1.20. The number of aryl methyl sites for hydroxylation is 2. The van der Waals surface area contributed by atoms with Gasteiger partial charge in [-0.05, 0) is 74.0 Å². The van der Waals surface area contributed by atoms with E-state index in [1.165, 1.54) is 5.56 Å². The monoisotopic (exact) mass is 372 g/mol. The van der Waals surface area contributed by atoms with Crippen LogP contribution < -0.4 is 11.1 Å². The highest BCUT2D eigenvalue weighted by Gasteiger charge is 2.09. The minimum absolute atomic E-state index is 0.750. The van der Waals surface area contributed by atoms with Crippen LogP contribution in [0.5, 0.6) is 0 Å². The average molecular weight is 372 g/mol. The fourth-order valence-electron chi connectivity index (χ4n) is 2.87. The van der Waals surface area contributed by atoms with Crippen LogP contribution in [0.2, 0.25) is 0 Å². The zero-order chi connectivity index (χ0) is 18.8. The maximum absolute atomic E-state index is 5.80. The number of nitrogen functional groups attached to an aromatic ring is 1. The highest BCUT2D eigenvalue weighted by molar-refractivity contribution is 7.99. The van der Waals surface area contributed by atoms with Crippen molar-refractivity contribution in [2.24, 2.45) is 0 Å². The quantitative estimate of drug-likeness (QED) is 0.448. The number of fused-ring (bicyclic) bond motifs is 1. The van der Waals surface area contributed by atoms with Crippen molar-refractivity contribution in [2.45, 2.75) is 23.6 Å². The summed E-state index contributed by atoms with van der Waals surface area (Å²) in [6.45, 7) is 4.07. The van der Waals surface area contributed by atoms with Crippen molar-refractivity contribution in [3.63, 3.8) is 0 Å². The molecule has 0 saturated carbocycles. The second kappa shape index (κ2) is 7.29. The second-order valence-electron chi connectivity index (χ2n) is 6.48. The molecular formula is C22H20N4S. The Morgan fingerprint density at radius 1 is 0.889 bits per heavy atom.